The van der Waals surface area contributed by atoms with E-state index >= 15 is 4.39 Å². The van der Waals surface area contributed by atoms with E-state index in [1.807, 2.05) is 0 Å². The Balaban J connectivity index is 1.52. The molecule has 3 aromatic rings. The van der Waals surface area contributed by atoms with Crippen LogP contribution >= 0.6 is 11.8 Å². The standard InChI is InChI=1S/C28H26FN3O6S/c1-3-28(37)15-7-18-23-13(9-32(18)25(34)14(15)10-38-27(28)36)21-19(31-6-4-5-20(33)26(31)35)11-39-24-12(2)16(29)8-17(30-23)22(21)24/h7-8,19-20,33,37H,3-6,9-11H2,1-2H3/t19?,20?,28-/m0/s1. The molecule has 1 aromatic carbocycles. The van der Waals surface area contributed by atoms with Crippen LogP contribution in [0.3, 0.4) is 0 Å². The van der Waals surface area contributed by atoms with E-state index in [0.29, 0.717) is 47.6 Å². The maximum absolute atomic E-state index is 15.1. The number of ether oxygens (including phenoxy) is 1. The van der Waals surface area contributed by atoms with Crippen LogP contribution in [0.2, 0.25) is 0 Å². The molecule has 1 amide bonds. The van der Waals surface area contributed by atoms with Crippen LogP contribution in [0, 0.1) is 12.7 Å². The normalized spacial score (nSPS) is 25.4. The number of hydrogen-bond acceptors (Lipinski definition) is 8. The Morgan fingerprint density at radius 2 is 2.05 bits per heavy atom. The quantitative estimate of drug-likeness (QED) is 0.365. The fraction of sp³-hybridized carbons (Fsp3) is 0.429. The number of hydrogen-bond donors (Lipinski definition) is 2. The lowest BCUT2D eigenvalue weighted by molar-refractivity contribution is -0.172. The summed E-state index contributed by atoms with van der Waals surface area (Å²) < 4.78 is 21.8. The first-order valence-corrected chi connectivity index (χ1v) is 14.1. The zero-order valence-corrected chi connectivity index (χ0v) is 22.2. The van der Waals surface area contributed by atoms with Crippen molar-refractivity contribution in [3.05, 3.63) is 56.1 Å². The second-order valence-electron chi connectivity index (χ2n) is 10.7. The van der Waals surface area contributed by atoms with Gasteiger partial charge in [0, 0.05) is 39.8 Å². The summed E-state index contributed by atoms with van der Waals surface area (Å²) in [5.74, 6) is -1.06. The van der Waals surface area contributed by atoms with Gasteiger partial charge in [-0.3, -0.25) is 9.59 Å². The van der Waals surface area contributed by atoms with Crippen molar-refractivity contribution in [1.82, 2.24) is 14.5 Å². The number of carbonyl (C=O) groups is 2. The van der Waals surface area contributed by atoms with Crippen molar-refractivity contribution in [3.8, 4) is 11.4 Å². The van der Waals surface area contributed by atoms with Gasteiger partial charge in [0.1, 0.15) is 18.5 Å². The lowest BCUT2D eigenvalue weighted by Crippen LogP contribution is -2.47. The van der Waals surface area contributed by atoms with E-state index in [9.17, 15) is 24.6 Å². The summed E-state index contributed by atoms with van der Waals surface area (Å²) in [6, 6.07) is 2.62. The molecule has 2 aromatic heterocycles. The van der Waals surface area contributed by atoms with Crippen molar-refractivity contribution in [1.29, 1.82) is 0 Å². The van der Waals surface area contributed by atoms with Gasteiger partial charge in [0.15, 0.2) is 5.60 Å². The molecule has 0 bridgehead atoms. The third-order valence-corrected chi connectivity index (χ3v) is 9.98. The fourth-order valence-electron chi connectivity index (χ4n) is 6.54. The van der Waals surface area contributed by atoms with E-state index in [0.717, 1.165) is 21.4 Å². The van der Waals surface area contributed by atoms with Gasteiger partial charge in [0.25, 0.3) is 11.5 Å². The Morgan fingerprint density at radius 3 is 2.82 bits per heavy atom. The number of thioether (sulfide) groups is 1. The molecule has 9 nitrogen and oxygen atoms in total. The summed E-state index contributed by atoms with van der Waals surface area (Å²) in [7, 11) is 0. The van der Waals surface area contributed by atoms with Gasteiger partial charge >= 0.3 is 5.97 Å². The van der Waals surface area contributed by atoms with Gasteiger partial charge in [-0.25, -0.2) is 14.2 Å². The van der Waals surface area contributed by atoms with Gasteiger partial charge < -0.3 is 24.4 Å². The molecule has 0 aliphatic carbocycles. The number of halogens is 1. The van der Waals surface area contributed by atoms with Crippen molar-refractivity contribution < 1.29 is 28.9 Å². The molecular weight excluding hydrogens is 525 g/mol. The van der Waals surface area contributed by atoms with Crippen molar-refractivity contribution in [2.75, 3.05) is 12.3 Å². The molecule has 4 aliphatic heterocycles. The largest absolute Gasteiger partial charge is 0.458 e. The second kappa shape index (κ2) is 8.36. The van der Waals surface area contributed by atoms with Crippen LogP contribution in [0.1, 0.15) is 60.0 Å². The van der Waals surface area contributed by atoms with Crippen LogP contribution in [0.5, 0.6) is 0 Å². The molecule has 4 aliphatic rings. The molecule has 3 atom stereocenters. The van der Waals surface area contributed by atoms with Gasteiger partial charge in [-0.15, -0.1) is 11.8 Å². The van der Waals surface area contributed by atoms with Crippen LogP contribution in [-0.4, -0.2) is 54.9 Å². The fourth-order valence-corrected chi connectivity index (χ4v) is 7.88. The van der Waals surface area contributed by atoms with Crippen LogP contribution in [0.4, 0.5) is 4.39 Å². The monoisotopic (exact) mass is 551 g/mol. The van der Waals surface area contributed by atoms with Crippen LogP contribution < -0.4 is 5.56 Å². The lowest BCUT2D eigenvalue weighted by atomic mass is 9.86. The molecular formula is C28H26FN3O6S. The van der Waals surface area contributed by atoms with Crippen molar-refractivity contribution in [2.45, 2.75) is 68.9 Å². The minimum atomic E-state index is -1.96. The van der Waals surface area contributed by atoms with Gasteiger partial charge in [-0.05, 0) is 43.4 Å². The highest BCUT2D eigenvalue weighted by Crippen LogP contribution is 2.50. The number of aliphatic hydroxyl groups is 2. The van der Waals surface area contributed by atoms with Crippen LogP contribution in [0.15, 0.2) is 21.8 Å². The maximum Gasteiger partial charge on any atom is 0.343 e. The number of cyclic esters (lactones) is 1. The summed E-state index contributed by atoms with van der Waals surface area (Å²) >= 11 is 1.47. The third kappa shape index (κ3) is 3.20. The molecule has 0 radical (unpaired) electrons. The number of aliphatic hydroxyl groups excluding tert-OH is 1. The predicted molar refractivity (Wildman–Crippen MR) is 140 cm³/mol. The highest BCUT2D eigenvalue weighted by atomic mass is 32.2. The molecule has 7 rings (SSSR count). The second-order valence-corrected chi connectivity index (χ2v) is 11.7. The Kier molecular flexibility index (Phi) is 5.30. The number of esters is 1. The SMILES string of the molecule is CC[C@@]1(O)C(=O)OCc2c1cc1n(c2=O)Cc2c-1nc1cc(F)c(C)c3c1c2C(N1CCCC(O)C1=O)CS3. The van der Waals surface area contributed by atoms with Gasteiger partial charge in [-0.2, -0.15) is 0 Å². The van der Waals surface area contributed by atoms with Gasteiger partial charge in [0.05, 0.1) is 35.1 Å². The molecule has 2 N–H and O–H groups in total. The molecule has 6 heterocycles. The first kappa shape index (κ1) is 24.7. The number of aromatic nitrogens is 2. The zero-order valence-electron chi connectivity index (χ0n) is 21.4. The summed E-state index contributed by atoms with van der Waals surface area (Å²) in [6.45, 7) is 3.79. The Labute approximate surface area is 226 Å². The number of rotatable bonds is 2. The van der Waals surface area contributed by atoms with Gasteiger partial charge in [-0.1, -0.05) is 6.92 Å². The van der Waals surface area contributed by atoms with E-state index in [2.05, 4.69) is 0 Å². The van der Waals surface area contributed by atoms with Crippen molar-refractivity contribution in [3.63, 3.8) is 0 Å². The number of likely N-dealkylation sites (tertiary alicyclic amines) is 1. The number of benzene rings is 1. The highest BCUT2D eigenvalue weighted by Gasteiger charge is 2.46. The molecule has 1 fully saturated rings. The van der Waals surface area contributed by atoms with Crippen molar-refractivity contribution >= 4 is 34.5 Å². The predicted octanol–water partition coefficient (Wildman–Crippen LogP) is 2.66. The van der Waals surface area contributed by atoms with E-state index in [1.165, 1.54) is 17.8 Å². The van der Waals surface area contributed by atoms with E-state index < -0.39 is 29.5 Å². The molecule has 202 valence electrons. The smallest absolute Gasteiger partial charge is 0.343 e. The zero-order chi connectivity index (χ0) is 27.4. The van der Waals surface area contributed by atoms with E-state index in [4.69, 9.17) is 9.72 Å². The molecule has 2 unspecified atom stereocenters. The Bertz CT molecular complexity index is 1700. The average Bonchev–Trinajstić information content (AvgIpc) is 3.30. The molecule has 0 spiro atoms. The molecule has 1 saturated heterocycles. The number of pyridine rings is 2. The average molecular weight is 552 g/mol. The number of piperidine rings is 1. The topological polar surface area (TPSA) is 122 Å². The first-order valence-electron chi connectivity index (χ1n) is 13.1. The first-order chi connectivity index (χ1) is 18.7. The van der Waals surface area contributed by atoms with Gasteiger partial charge in [0.2, 0.25) is 0 Å². The van der Waals surface area contributed by atoms with Crippen LogP contribution in [-0.2, 0) is 33.1 Å². The van der Waals surface area contributed by atoms with E-state index in [1.54, 1.807) is 29.4 Å². The molecule has 39 heavy (non-hydrogen) atoms. The summed E-state index contributed by atoms with van der Waals surface area (Å²) in [5.41, 5.74) is 1.46. The minimum Gasteiger partial charge on any atom is -0.458 e. The lowest BCUT2D eigenvalue weighted by Gasteiger charge is -2.40. The maximum atomic E-state index is 15.1. The van der Waals surface area contributed by atoms with Crippen molar-refractivity contribution in [2.24, 2.45) is 0 Å². The Hall–Kier alpha value is -3.28. The van der Waals surface area contributed by atoms with Crippen LogP contribution in [0.25, 0.3) is 22.3 Å². The summed E-state index contributed by atoms with van der Waals surface area (Å²) in [6.07, 6.45) is 0.0298. The summed E-state index contributed by atoms with van der Waals surface area (Å²) in [5, 5.41) is 22.3. The number of fused-ring (bicyclic) bond motifs is 5. The summed E-state index contributed by atoms with van der Waals surface area (Å²) in [4.78, 5) is 46.7. The highest BCUT2D eigenvalue weighted by molar-refractivity contribution is 7.99. The number of nitrogens with zero attached hydrogens (tertiary/aromatic N) is 3. The number of amides is 1. The Morgan fingerprint density at radius 1 is 1.26 bits per heavy atom. The minimum absolute atomic E-state index is 0.0253. The third-order valence-electron chi connectivity index (χ3n) is 8.70. The molecule has 11 heteroatoms. The van der Waals surface area contributed by atoms with E-state index in [-0.39, 0.29) is 42.2 Å². The number of carbonyl (C=O) groups excluding carboxylic acids is 2. The molecule has 0 saturated carbocycles.